The first-order valence-corrected chi connectivity index (χ1v) is 7.23. The van der Waals surface area contributed by atoms with Crippen molar-refractivity contribution in [3.05, 3.63) is 75.4 Å². The van der Waals surface area contributed by atoms with Gasteiger partial charge in [0.25, 0.3) is 5.56 Å². The monoisotopic (exact) mass is 316 g/mol. The summed E-state index contributed by atoms with van der Waals surface area (Å²) < 4.78 is 15.2. The minimum Gasteiger partial charge on any atom is -0.323 e. The SMILES string of the molecule is CC(N)c1cc2ccc(F)c(Cl)c2c(=O)n1-c1ccccc1. The molecule has 0 aliphatic carbocycles. The van der Waals surface area contributed by atoms with Gasteiger partial charge in [0.05, 0.1) is 10.4 Å². The first kappa shape index (κ1) is 14.8. The Balaban J connectivity index is 2.49. The number of halogens is 2. The number of aromatic nitrogens is 1. The van der Waals surface area contributed by atoms with Gasteiger partial charge in [0.2, 0.25) is 0 Å². The third-order valence-corrected chi connectivity index (χ3v) is 3.96. The molecule has 0 bridgehead atoms. The fraction of sp³-hybridized carbons (Fsp3) is 0.118. The molecule has 0 radical (unpaired) electrons. The van der Waals surface area contributed by atoms with Crippen LogP contribution in [0.1, 0.15) is 18.7 Å². The van der Waals surface area contributed by atoms with E-state index in [0.29, 0.717) is 16.8 Å². The number of pyridine rings is 1. The lowest BCUT2D eigenvalue weighted by Gasteiger charge is -2.17. The Kier molecular flexibility index (Phi) is 3.72. The van der Waals surface area contributed by atoms with Gasteiger partial charge in [-0.15, -0.1) is 0 Å². The largest absolute Gasteiger partial charge is 0.323 e. The molecule has 3 aromatic rings. The molecular formula is C17H14ClFN2O. The maximum Gasteiger partial charge on any atom is 0.264 e. The average Bonchev–Trinajstić information content (AvgIpc) is 2.51. The number of rotatable bonds is 2. The summed E-state index contributed by atoms with van der Waals surface area (Å²) in [5.74, 6) is -0.612. The molecule has 0 fully saturated rings. The van der Waals surface area contributed by atoms with Gasteiger partial charge in [0.15, 0.2) is 0 Å². The molecule has 22 heavy (non-hydrogen) atoms. The summed E-state index contributed by atoms with van der Waals surface area (Å²) >= 11 is 6.00. The van der Waals surface area contributed by atoms with Crippen molar-refractivity contribution >= 4 is 22.4 Å². The molecule has 5 heteroatoms. The van der Waals surface area contributed by atoms with Crippen molar-refractivity contribution in [1.82, 2.24) is 4.57 Å². The standard InChI is InChI=1S/C17H14ClFN2O/c1-10(20)14-9-11-7-8-13(19)16(18)15(11)17(22)21(14)12-5-3-2-4-6-12/h2-10H,20H2,1H3. The molecule has 0 aliphatic heterocycles. The van der Waals surface area contributed by atoms with E-state index in [-0.39, 0.29) is 22.0 Å². The van der Waals surface area contributed by atoms with E-state index in [0.717, 1.165) is 0 Å². The highest BCUT2D eigenvalue weighted by Crippen LogP contribution is 2.26. The van der Waals surface area contributed by atoms with Crippen molar-refractivity contribution in [3.8, 4) is 5.69 Å². The van der Waals surface area contributed by atoms with E-state index < -0.39 is 5.82 Å². The molecule has 112 valence electrons. The molecule has 3 nitrogen and oxygen atoms in total. The summed E-state index contributed by atoms with van der Waals surface area (Å²) in [4.78, 5) is 12.9. The van der Waals surface area contributed by atoms with E-state index in [1.807, 2.05) is 18.2 Å². The number of hydrogen-bond acceptors (Lipinski definition) is 2. The third kappa shape index (κ3) is 2.30. The number of benzene rings is 2. The van der Waals surface area contributed by atoms with Crippen LogP contribution in [-0.4, -0.2) is 4.57 Å². The molecule has 2 N–H and O–H groups in total. The van der Waals surface area contributed by atoms with Crippen LogP contribution in [-0.2, 0) is 0 Å². The van der Waals surface area contributed by atoms with Crippen molar-refractivity contribution in [2.75, 3.05) is 0 Å². The number of nitrogens with two attached hydrogens (primary N) is 1. The van der Waals surface area contributed by atoms with Crippen LogP contribution in [0.25, 0.3) is 16.5 Å². The fourth-order valence-corrected chi connectivity index (χ4v) is 2.79. The molecule has 1 unspecified atom stereocenters. The molecule has 0 saturated carbocycles. The Morgan fingerprint density at radius 3 is 2.50 bits per heavy atom. The van der Waals surface area contributed by atoms with Gasteiger partial charge >= 0.3 is 0 Å². The van der Waals surface area contributed by atoms with Crippen LogP contribution in [0.3, 0.4) is 0 Å². The lowest BCUT2D eigenvalue weighted by Crippen LogP contribution is -2.26. The molecule has 0 amide bonds. The quantitative estimate of drug-likeness (QED) is 0.781. The van der Waals surface area contributed by atoms with E-state index in [1.54, 1.807) is 31.2 Å². The molecule has 1 atom stereocenters. The zero-order valence-electron chi connectivity index (χ0n) is 11.9. The van der Waals surface area contributed by atoms with Crippen LogP contribution < -0.4 is 11.3 Å². The van der Waals surface area contributed by atoms with Crippen molar-refractivity contribution < 1.29 is 4.39 Å². The molecule has 1 heterocycles. The van der Waals surface area contributed by atoms with Crippen LogP contribution in [0, 0.1) is 5.82 Å². The Morgan fingerprint density at radius 1 is 1.18 bits per heavy atom. The smallest absolute Gasteiger partial charge is 0.264 e. The molecule has 0 spiro atoms. The Morgan fingerprint density at radius 2 is 1.86 bits per heavy atom. The van der Waals surface area contributed by atoms with E-state index >= 15 is 0 Å². The number of para-hydroxylation sites is 1. The maximum absolute atomic E-state index is 13.7. The van der Waals surface area contributed by atoms with Crippen LogP contribution in [0.15, 0.2) is 53.3 Å². The Hall–Kier alpha value is -2.17. The predicted molar refractivity (Wildman–Crippen MR) is 87.1 cm³/mol. The molecule has 0 saturated heterocycles. The fourth-order valence-electron chi connectivity index (χ4n) is 2.53. The highest BCUT2D eigenvalue weighted by Gasteiger charge is 2.17. The van der Waals surface area contributed by atoms with E-state index in [2.05, 4.69) is 0 Å². The maximum atomic E-state index is 13.7. The summed E-state index contributed by atoms with van der Waals surface area (Å²) in [6, 6.07) is 13.3. The van der Waals surface area contributed by atoms with E-state index in [1.165, 1.54) is 10.6 Å². The van der Waals surface area contributed by atoms with Gasteiger partial charge in [-0.3, -0.25) is 9.36 Å². The molecule has 3 rings (SSSR count). The predicted octanol–water partition coefficient (Wildman–Crippen LogP) is 3.80. The number of fused-ring (bicyclic) bond motifs is 1. The second-order valence-electron chi connectivity index (χ2n) is 5.16. The van der Waals surface area contributed by atoms with Crippen molar-refractivity contribution in [3.63, 3.8) is 0 Å². The van der Waals surface area contributed by atoms with Crippen LogP contribution in [0.4, 0.5) is 4.39 Å². The first-order valence-electron chi connectivity index (χ1n) is 6.85. The molecular weight excluding hydrogens is 303 g/mol. The first-order chi connectivity index (χ1) is 10.5. The van der Waals surface area contributed by atoms with Crippen LogP contribution in [0.5, 0.6) is 0 Å². The molecule has 1 aromatic heterocycles. The summed E-state index contributed by atoms with van der Waals surface area (Å²) in [6.45, 7) is 1.80. The number of nitrogens with zero attached hydrogens (tertiary/aromatic N) is 1. The third-order valence-electron chi connectivity index (χ3n) is 3.59. The number of hydrogen-bond donors (Lipinski definition) is 1. The van der Waals surface area contributed by atoms with Crippen LogP contribution >= 0.6 is 11.6 Å². The van der Waals surface area contributed by atoms with Gasteiger partial charge in [-0.2, -0.15) is 0 Å². The minimum atomic E-state index is -0.612. The van der Waals surface area contributed by atoms with Gasteiger partial charge in [-0.05, 0) is 36.6 Å². The van der Waals surface area contributed by atoms with Crippen molar-refractivity contribution in [1.29, 1.82) is 0 Å². The molecule has 2 aromatic carbocycles. The minimum absolute atomic E-state index is 0.162. The van der Waals surface area contributed by atoms with Gasteiger partial charge in [-0.25, -0.2) is 4.39 Å². The normalized spacial score (nSPS) is 12.5. The topological polar surface area (TPSA) is 48.0 Å². The highest BCUT2D eigenvalue weighted by molar-refractivity contribution is 6.35. The summed E-state index contributed by atoms with van der Waals surface area (Å²) in [5.41, 5.74) is 6.95. The van der Waals surface area contributed by atoms with E-state index in [4.69, 9.17) is 17.3 Å². The zero-order chi connectivity index (χ0) is 15.9. The second-order valence-corrected chi connectivity index (χ2v) is 5.54. The van der Waals surface area contributed by atoms with Gasteiger partial charge in [0.1, 0.15) is 5.82 Å². The average molecular weight is 317 g/mol. The zero-order valence-corrected chi connectivity index (χ0v) is 12.6. The van der Waals surface area contributed by atoms with Gasteiger partial charge < -0.3 is 5.73 Å². The van der Waals surface area contributed by atoms with Crippen molar-refractivity contribution in [2.24, 2.45) is 5.73 Å². The Bertz CT molecular complexity index is 904. The lowest BCUT2D eigenvalue weighted by atomic mass is 10.1. The molecule has 0 aliphatic rings. The summed E-state index contributed by atoms with van der Waals surface area (Å²) in [5, 5.41) is 0.578. The summed E-state index contributed by atoms with van der Waals surface area (Å²) in [6.07, 6.45) is 0. The van der Waals surface area contributed by atoms with Gasteiger partial charge in [0, 0.05) is 17.4 Å². The van der Waals surface area contributed by atoms with E-state index in [9.17, 15) is 9.18 Å². The van der Waals surface area contributed by atoms with Crippen molar-refractivity contribution in [2.45, 2.75) is 13.0 Å². The summed E-state index contributed by atoms with van der Waals surface area (Å²) in [7, 11) is 0. The van der Waals surface area contributed by atoms with Crippen LogP contribution in [0.2, 0.25) is 5.02 Å². The Labute approximate surface area is 131 Å². The van der Waals surface area contributed by atoms with Gasteiger partial charge in [-0.1, -0.05) is 35.9 Å². The lowest BCUT2D eigenvalue weighted by molar-refractivity contribution is 0.629. The highest BCUT2D eigenvalue weighted by atomic mass is 35.5. The second kappa shape index (κ2) is 5.55.